The summed E-state index contributed by atoms with van der Waals surface area (Å²) in [6.07, 6.45) is -5.65. The first-order chi connectivity index (χ1) is 7.45. The van der Waals surface area contributed by atoms with Gasteiger partial charge in [-0.25, -0.2) is 0 Å². The van der Waals surface area contributed by atoms with E-state index >= 15 is 0 Å². The minimum atomic E-state index is -1.55. The summed E-state index contributed by atoms with van der Waals surface area (Å²) in [5.41, 5.74) is 0. The molecular formula is C9H20N2O5. The molecule has 0 fully saturated rings. The number of likely N-dealkylation sites (N-methyl/N-ethyl adjacent to an activating group) is 1. The molecule has 0 bridgehead atoms. The molecule has 0 aliphatic rings. The first kappa shape index (κ1) is 17.6. The molecule has 4 atom stereocenters. The Bertz CT molecular complexity index is 197. The van der Waals surface area contributed by atoms with Gasteiger partial charge in [0, 0.05) is 13.5 Å². The molecule has 0 spiro atoms. The van der Waals surface area contributed by atoms with Crippen LogP contribution in [0.15, 0.2) is 0 Å². The summed E-state index contributed by atoms with van der Waals surface area (Å²) in [6, 6.07) is 1.75. The van der Waals surface area contributed by atoms with E-state index in [1.807, 2.05) is 0 Å². The van der Waals surface area contributed by atoms with Crippen molar-refractivity contribution in [2.24, 2.45) is 0 Å². The first-order valence-electron chi connectivity index (χ1n) is 4.74. The Kier molecular flexibility index (Phi) is 11.9. The number of aliphatic hydroxyl groups excluding tert-OH is 5. The van der Waals surface area contributed by atoms with Crippen molar-refractivity contribution in [2.45, 2.75) is 31.3 Å². The molecule has 0 aromatic rings. The highest BCUT2D eigenvalue weighted by Crippen LogP contribution is 2.04. The fourth-order valence-corrected chi connectivity index (χ4v) is 0.893. The summed E-state index contributed by atoms with van der Waals surface area (Å²) in [6.45, 7) is 0.862. The smallest absolute Gasteiger partial charge is 0.111 e. The normalized spacial score (nSPS) is 17.4. The Morgan fingerprint density at radius 1 is 1.12 bits per heavy atom. The molecule has 7 heteroatoms. The predicted octanol–water partition coefficient (Wildman–Crippen LogP) is -2.83. The van der Waals surface area contributed by atoms with Gasteiger partial charge >= 0.3 is 0 Å². The second-order valence-electron chi connectivity index (χ2n) is 3.08. The van der Waals surface area contributed by atoms with Crippen LogP contribution in [-0.4, -0.2) is 70.1 Å². The zero-order valence-corrected chi connectivity index (χ0v) is 9.41. The van der Waals surface area contributed by atoms with Crippen molar-refractivity contribution < 1.29 is 25.5 Å². The monoisotopic (exact) mass is 236 g/mol. The average molecular weight is 236 g/mol. The molecule has 0 aliphatic carbocycles. The van der Waals surface area contributed by atoms with E-state index < -0.39 is 31.0 Å². The van der Waals surface area contributed by atoms with Gasteiger partial charge in [-0.1, -0.05) is 0 Å². The van der Waals surface area contributed by atoms with Crippen LogP contribution in [0.3, 0.4) is 0 Å². The van der Waals surface area contributed by atoms with E-state index in [2.05, 4.69) is 5.32 Å². The number of nitriles is 1. The standard InChI is InChI=1S/C7H17NO5.C2H3N/c1-8-2-4(10)6(12)7(13)5(11)3-9;1-2-3/h4-13H,2-3H2,1H3;1H3/t4-,5+,6+,7+;/m0./s1. The number of hydrogen-bond donors (Lipinski definition) is 6. The number of nitrogens with zero attached hydrogens (tertiary/aromatic N) is 1. The highest BCUT2D eigenvalue weighted by atomic mass is 16.4. The van der Waals surface area contributed by atoms with Crippen LogP contribution in [-0.2, 0) is 0 Å². The van der Waals surface area contributed by atoms with Crippen molar-refractivity contribution >= 4 is 0 Å². The fourth-order valence-electron chi connectivity index (χ4n) is 0.893. The van der Waals surface area contributed by atoms with Gasteiger partial charge in [0.05, 0.1) is 18.8 Å². The quantitative estimate of drug-likeness (QED) is 0.292. The number of rotatable bonds is 6. The summed E-state index contributed by atoms with van der Waals surface area (Å²) in [7, 11) is 1.57. The minimum Gasteiger partial charge on any atom is -0.394 e. The SMILES string of the molecule is CC#N.CNC[C@H](O)[C@@H](O)[C@H](O)[C@H](O)CO. The highest BCUT2D eigenvalue weighted by Gasteiger charge is 2.29. The first-order valence-corrected chi connectivity index (χ1v) is 4.74. The average Bonchev–Trinajstić information content (AvgIpc) is 2.27. The Morgan fingerprint density at radius 2 is 1.50 bits per heavy atom. The largest absolute Gasteiger partial charge is 0.394 e. The number of nitrogens with one attached hydrogen (secondary N) is 1. The van der Waals surface area contributed by atoms with Gasteiger partial charge in [-0.2, -0.15) is 5.26 Å². The van der Waals surface area contributed by atoms with Crippen LogP contribution in [0.4, 0.5) is 0 Å². The van der Waals surface area contributed by atoms with E-state index in [1.165, 1.54) is 6.92 Å². The van der Waals surface area contributed by atoms with Crippen LogP contribution in [0, 0.1) is 11.3 Å². The third-order valence-electron chi connectivity index (χ3n) is 1.74. The Labute approximate surface area is 94.6 Å². The Hall–Kier alpha value is -0.750. The van der Waals surface area contributed by atoms with Crippen LogP contribution in [0.2, 0.25) is 0 Å². The minimum absolute atomic E-state index is 0.0936. The van der Waals surface area contributed by atoms with Crippen molar-refractivity contribution in [3.63, 3.8) is 0 Å². The van der Waals surface area contributed by atoms with E-state index in [9.17, 15) is 5.11 Å². The molecule has 0 unspecified atom stereocenters. The molecule has 7 nitrogen and oxygen atoms in total. The molecule has 0 aromatic carbocycles. The maximum Gasteiger partial charge on any atom is 0.111 e. The molecule has 0 saturated carbocycles. The molecule has 0 rings (SSSR count). The third-order valence-corrected chi connectivity index (χ3v) is 1.74. The van der Waals surface area contributed by atoms with Crippen molar-refractivity contribution in [1.82, 2.24) is 5.32 Å². The molecule has 16 heavy (non-hydrogen) atoms. The molecule has 6 N–H and O–H groups in total. The van der Waals surface area contributed by atoms with Crippen LogP contribution in [0.5, 0.6) is 0 Å². The lowest BCUT2D eigenvalue weighted by Crippen LogP contribution is -2.48. The summed E-state index contributed by atoms with van der Waals surface area (Å²) in [4.78, 5) is 0. The predicted molar refractivity (Wildman–Crippen MR) is 56.3 cm³/mol. The number of hydrogen-bond acceptors (Lipinski definition) is 7. The van der Waals surface area contributed by atoms with Gasteiger partial charge in [0.25, 0.3) is 0 Å². The van der Waals surface area contributed by atoms with Gasteiger partial charge in [0.1, 0.15) is 18.3 Å². The van der Waals surface area contributed by atoms with Gasteiger partial charge < -0.3 is 30.8 Å². The lowest BCUT2D eigenvalue weighted by molar-refractivity contribution is -0.113. The van der Waals surface area contributed by atoms with Crippen LogP contribution >= 0.6 is 0 Å². The summed E-state index contributed by atoms with van der Waals surface area (Å²) >= 11 is 0. The zero-order valence-electron chi connectivity index (χ0n) is 9.41. The van der Waals surface area contributed by atoms with Crippen molar-refractivity contribution in [3.05, 3.63) is 0 Å². The summed E-state index contributed by atoms with van der Waals surface area (Å²) < 4.78 is 0. The van der Waals surface area contributed by atoms with Gasteiger partial charge in [0.15, 0.2) is 0 Å². The van der Waals surface area contributed by atoms with Crippen molar-refractivity contribution in [1.29, 1.82) is 5.26 Å². The second kappa shape index (κ2) is 10.8. The van der Waals surface area contributed by atoms with E-state index in [1.54, 1.807) is 13.1 Å². The molecule has 0 aliphatic heterocycles. The molecule has 0 saturated heterocycles. The summed E-state index contributed by atoms with van der Waals surface area (Å²) in [5.74, 6) is 0. The van der Waals surface area contributed by atoms with Gasteiger partial charge in [0.2, 0.25) is 0 Å². The second-order valence-corrected chi connectivity index (χ2v) is 3.08. The van der Waals surface area contributed by atoms with E-state index in [-0.39, 0.29) is 6.54 Å². The Balaban J connectivity index is 0. The third kappa shape index (κ3) is 7.53. The topological polar surface area (TPSA) is 137 Å². The van der Waals surface area contributed by atoms with Crippen LogP contribution < -0.4 is 5.32 Å². The van der Waals surface area contributed by atoms with E-state index in [4.69, 9.17) is 25.7 Å². The molecule has 0 radical (unpaired) electrons. The molecule has 0 heterocycles. The van der Waals surface area contributed by atoms with Gasteiger partial charge in [-0.05, 0) is 7.05 Å². The Morgan fingerprint density at radius 3 is 1.81 bits per heavy atom. The fraction of sp³-hybridized carbons (Fsp3) is 0.889. The van der Waals surface area contributed by atoms with Crippen molar-refractivity contribution in [2.75, 3.05) is 20.2 Å². The highest BCUT2D eigenvalue weighted by molar-refractivity contribution is 4.81. The maximum absolute atomic E-state index is 9.21. The lowest BCUT2D eigenvalue weighted by Gasteiger charge is -2.25. The zero-order chi connectivity index (χ0) is 13.1. The lowest BCUT2D eigenvalue weighted by atomic mass is 10.0. The van der Waals surface area contributed by atoms with E-state index in [0.717, 1.165) is 0 Å². The number of aliphatic hydroxyl groups is 5. The van der Waals surface area contributed by atoms with Crippen molar-refractivity contribution in [3.8, 4) is 6.07 Å². The van der Waals surface area contributed by atoms with E-state index in [0.29, 0.717) is 0 Å². The van der Waals surface area contributed by atoms with Gasteiger partial charge in [-0.15, -0.1) is 0 Å². The van der Waals surface area contributed by atoms with Crippen LogP contribution in [0.25, 0.3) is 0 Å². The summed E-state index contributed by atoms with van der Waals surface area (Å²) in [5, 5.41) is 54.8. The molecule has 96 valence electrons. The molecule has 0 aromatic heterocycles. The maximum atomic E-state index is 9.21. The molecular weight excluding hydrogens is 216 g/mol. The van der Waals surface area contributed by atoms with Crippen LogP contribution in [0.1, 0.15) is 6.92 Å². The molecule has 0 amide bonds. The van der Waals surface area contributed by atoms with Gasteiger partial charge in [-0.3, -0.25) is 0 Å².